The molecule has 1 fully saturated rings. The highest BCUT2D eigenvalue weighted by atomic mass is 19.1. The van der Waals surface area contributed by atoms with Crippen LogP contribution < -0.4 is 5.32 Å². The number of carbonyl (C=O) groups is 2. The Morgan fingerprint density at radius 3 is 2.34 bits per heavy atom. The van der Waals surface area contributed by atoms with Crippen LogP contribution in [-0.4, -0.2) is 37.2 Å². The summed E-state index contributed by atoms with van der Waals surface area (Å²) in [4.78, 5) is 23.1. The van der Waals surface area contributed by atoms with Gasteiger partial charge in [-0.1, -0.05) is 42.5 Å². The molecule has 0 aliphatic carbocycles. The zero-order chi connectivity index (χ0) is 23.4. The second kappa shape index (κ2) is 9.67. The quantitative estimate of drug-likeness (QED) is 0.505. The lowest BCUT2D eigenvalue weighted by molar-refractivity contribution is 0.00578. The summed E-state index contributed by atoms with van der Waals surface area (Å²) >= 11 is 0. The average Bonchev–Trinajstić information content (AvgIpc) is 2.97. The summed E-state index contributed by atoms with van der Waals surface area (Å²) in [7, 11) is -0.747. The molecule has 0 bridgehead atoms. The Kier molecular flexibility index (Phi) is 7.16. The number of halogens is 1. The van der Waals surface area contributed by atoms with Crippen LogP contribution in [0.2, 0.25) is 0 Å². The van der Waals surface area contributed by atoms with Gasteiger partial charge < -0.3 is 19.4 Å². The van der Waals surface area contributed by atoms with Crippen LogP contribution >= 0.6 is 0 Å². The van der Waals surface area contributed by atoms with Crippen LogP contribution in [0.1, 0.15) is 49.2 Å². The van der Waals surface area contributed by atoms with E-state index in [2.05, 4.69) is 5.32 Å². The molecule has 6 nitrogen and oxygen atoms in total. The van der Waals surface area contributed by atoms with Gasteiger partial charge in [-0.25, -0.2) is 9.18 Å². The van der Waals surface area contributed by atoms with E-state index >= 15 is 0 Å². The molecule has 32 heavy (non-hydrogen) atoms. The SMILES string of the molecule is CC1(C)OB(C(=Cc2ccc(C=O)c(F)c2)CNC(=O)OCc2ccccc2)OC1(C)C. The molecular formula is C24H27BFNO5. The summed E-state index contributed by atoms with van der Waals surface area (Å²) in [6.45, 7) is 7.90. The minimum atomic E-state index is -0.747. The lowest BCUT2D eigenvalue weighted by Crippen LogP contribution is -2.41. The molecule has 0 radical (unpaired) electrons. The summed E-state index contributed by atoms with van der Waals surface area (Å²) < 4.78 is 31.6. The van der Waals surface area contributed by atoms with Crippen molar-refractivity contribution >= 4 is 25.6 Å². The van der Waals surface area contributed by atoms with E-state index in [1.807, 2.05) is 58.0 Å². The molecule has 1 N–H and O–H groups in total. The second-order valence-corrected chi connectivity index (χ2v) is 8.62. The summed E-state index contributed by atoms with van der Waals surface area (Å²) in [5, 5.41) is 2.70. The van der Waals surface area contributed by atoms with Crippen molar-refractivity contribution in [1.82, 2.24) is 5.32 Å². The van der Waals surface area contributed by atoms with E-state index < -0.39 is 30.2 Å². The van der Waals surface area contributed by atoms with Crippen molar-refractivity contribution in [2.45, 2.75) is 45.5 Å². The second-order valence-electron chi connectivity index (χ2n) is 8.62. The van der Waals surface area contributed by atoms with Crippen molar-refractivity contribution in [2.24, 2.45) is 0 Å². The summed E-state index contributed by atoms with van der Waals surface area (Å²) in [5.74, 6) is -0.628. The lowest BCUT2D eigenvalue weighted by atomic mass is 9.77. The third-order valence-corrected chi connectivity index (χ3v) is 5.71. The average molecular weight is 439 g/mol. The maximum absolute atomic E-state index is 14.1. The van der Waals surface area contributed by atoms with Crippen molar-refractivity contribution in [2.75, 3.05) is 6.54 Å². The number of nitrogens with one attached hydrogen (secondary N) is 1. The molecule has 2 aromatic rings. The zero-order valence-corrected chi connectivity index (χ0v) is 18.7. The van der Waals surface area contributed by atoms with Gasteiger partial charge in [0.05, 0.1) is 16.8 Å². The Bertz CT molecular complexity index is 991. The van der Waals surface area contributed by atoms with E-state index in [1.165, 1.54) is 12.1 Å². The summed E-state index contributed by atoms with van der Waals surface area (Å²) in [6.07, 6.45) is 1.54. The van der Waals surface area contributed by atoms with Gasteiger partial charge in [0, 0.05) is 6.54 Å². The molecule has 3 rings (SSSR count). The molecule has 8 heteroatoms. The zero-order valence-electron chi connectivity index (χ0n) is 18.7. The molecule has 1 aliphatic heterocycles. The largest absolute Gasteiger partial charge is 0.492 e. The van der Waals surface area contributed by atoms with E-state index in [1.54, 1.807) is 12.1 Å². The van der Waals surface area contributed by atoms with Crippen LogP contribution in [0.15, 0.2) is 54.0 Å². The minimum absolute atomic E-state index is 0.0260. The number of amides is 1. The van der Waals surface area contributed by atoms with Gasteiger partial charge in [-0.3, -0.25) is 4.79 Å². The van der Waals surface area contributed by atoms with Crippen molar-refractivity contribution in [3.63, 3.8) is 0 Å². The first kappa shape index (κ1) is 23.7. The Balaban J connectivity index is 1.75. The Labute approximate surface area is 187 Å². The minimum Gasteiger partial charge on any atom is -0.445 e. The maximum Gasteiger partial charge on any atom is 0.492 e. The maximum atomic E-state index is 14.1. The first-order chi connectivity index (χ1) is 15.1. The van der Waals surface area contributed by atoms with Gasteiger partial charge in [-0.15, -0.1) is 0 Å². The van der Waals surface area contributed by atoms with Crippen molar-refractivity contribution in [1.29, 1.82) is 0 Å². The van der Waals surface area contributed by atoms with Crippen LogP contribution in [0.5, 0.6) is 0 Å². The molecule has 0 aromatic heterocycles. The van der Waals surface area contributed by atoms with Gasteiger partial charge in [-0.05, 0) is 56.4 Å². The van der Waals surface area contributed by atoms with Crippen molar-refractivity contribution in [3.8, 4) is 0 Å². The number of hydrogen-bond acceptors (Lipinski definition) is 5. The fourth-order valence-electron chi connectivity index (χ4n) is 3.09. The molecular weight excluding hydrogens is 412 g/mol. The van der Waals surface area contributed by atoms with E-state index in [-0.39, 0.29) is 18.7 Å². The topological polar surface area (TPSA) is 73.9 Å². The van der Waals surface area contributed by atoms with Crippen molar-refractivity contribution in [3.05, 3.63) is 76.5 Å². The van der Waals surface area contributed by atoms with Crippen molar-refractivity contribution < 1.29 is 28.0 Å². The molecule has 2 aromatic carbocycles. The van der Waals surface area contributed by atoms with Crippen LogP contribution in [0, 0.1) is 5.82 Å². The van der Waals surface area contributed by atoms with E-state index in [0.29, 0.717) is 17.3 Å². The van der Waals surface area contributed by atoms with Gasteiger partial charge in [0.2, 0.25) is 0 Å². The molecule has 0 saturated carbocycles. The predicted molar refractivity (Wildman–Crippen MR) is 120 cm³/mol. The highest BCUT2D eigenvalue weighted by Crippen LogP contribution is 2.38. The standard InChI is InChI=1S/C24H27BFNO5/c1-23(2)24(3,4)32-25(31-23)20(12-18-10-11-19(15-28)21(26)13-18)14-27-22(29)30-16-17-8-6-5-7-9-17/h5-13,15H,14,16H2,1-4H3,(H,27,29). The van der Waals surface area contributed by atoms with Gasteiger partial charge in [0.1, 0.15) is 12.4 Å². The molecule has 0 atom stereocenters. The van der Waals surface area contributed by atoms with Gasteiger partial charge in [0.15, 0.2) is 6.29 Å². The highest BCUT2D eigenvalue weighted by Gasteiger charge is 2.52. The summed E-state index contributed by atoms with van der Waals surface area (Å²) in [6, 6.07) is 13.6. The predicted octanol–water partition coefficient (Wildman–Crippen LogP) is 4.58. The molecule has 0 spiro atoms. The van der Waals surface area contributed by atoms with Crippen LogP contribution in [0.3, 0.4) is 0 Å². The molecule has 1 heterocycles. The van der Waals surface area contributed by atoms with E-state index in [0.717, 1.165) is 5.56 Å². The van der Waals surface area contributed by atoms with Gasteiger partial charge in [-0.2, -0.15) is 0 Å². The number of ether oxygens (including phenoxy) is 1. The fraction of sp³-hybridized carbons (Fsp3) is 0.333. The van der Waals surface area contributed by atoms with E-state index in [9.17, 15) is 14.0 Å². The number of rotatable bonds is 7. The normalized spacial score (nSPS) is 17.2. The highest BCUT2D eigenvalue weighted by molar-refractivity contribution is 6.56. The molecule has 0 unspecified atom stereocenters. The molecule has 1 aliphatic rings. The number of benzene rings is 2. The third kappa shape index (κ3) is 5.63. The van der Waals surface area contributed by atoms with Gasteiger partial charge >= 0.3 is 13.2 Å². The fourth-order valence-corrected chi connectivity index (χ4v) is 3.09. The van der Waals surface area contributed by atoms with Gasteiger partial charge in [0.25, 0.3) is 0 Å². The Morgan fingerprint density at radius 1 is 1.09 bits per heavy atom. The third-order valence-electron chi connectivity index (χ3n) is 5.71. The van der Waals surface area contributed by atoms with Crippen LogP contribution in [0.25, 0.3) is 6.08 Å². The number of hydrogen-bond donors (Lipinski definition) is 1. The van der Waals surface area contributed by atoms with E-state index in [4.69, 9.17) is 14.0 Å². The molecule has 1 saturated heterocycles. The lowest BCUT2D eigenvalue weighted by Gasteiger charge is -2.32. The number of alkyl carbamates (subject to hydrolysis) is 1. The number of aldehydes is 1. The smallest absolute Gasteiger partial charge is 0.445 e. The summed E-state index contributed by atoms with van der Waals surface area (Å²) in [5.41, 5.74) is 0.766. The van der Waals surface area contributed by atoms with Crippen LogP contribution in [-0.2, 0) is 20.7 Å². The number of carbonyl (C=O) groups excluding carboxylic acids is 2. The first-order valence-electron chi connectivity index (χ1n) is 10.4. The Morgan fingerprint density at radius 2 is 1.75 bits per heavy atom. The molecule has 1 amide bonds. The van der Waals surface area contributed by atoms with Crippen LogP contribution in [0.4, 0.5) is 9.18 Å². The monoisotopic (exact) mass is 439 g/mol. The first-order valence-corrected chi connectivity index (χ1v) is 10.4. The molecule has 168 valence electrons. The Hall–Kier alpha value is -2.97.